The monoisotopic (exact) mass is 287 g/mol. The lowest BCUT2D eigenvalue weighted by Crippen LogP contribution is -2.41. The SMILES string of the molecule is CCC1(OCC(C)OC)CCN(C(=O)OC(C)(C)C)C1. The zero-order valence-corrected chi connectivity index (χ0v) is 13.7. The Bertz CT molecular complexity index is 326. The van der Waals surface area contributed by atoms with E-state index in [9.17, 15) is 4.79 Å². The predicted molar refractivity (Wildman–Crippen MR) is 77.9 cm³/mol. The van der Waals surface area contributed by atoms with Crippen molar-refractivity contribution < 1.29 is 19.0 Å². The van der Waals surface area contributed by atoms with Crippen LogP contribution in [0.1, 0.15) is 47.5 Å². The van der Waals surface area contributed by atoms with Crippen LogP contribution in [0.2, 0.25) is 0 Å². The van der Waals surface area contributed by atoms with Crippen LogP contribution in [-0.2, 0) is 14.2 Å². The van der Waals surface area contributed by atoms with Gasteiger partial charge in [-0.05, 0) is 40.5 Å². The number of carbonyl (C=O) groups excluding carboxylic acids is 1. The molecule has 0 aromatic carbocycles. The van der Waals surface area contributed by atoms with Gasteiger partial charge in [-0.3, -0.25) is 0 Å². The molecule has 1 fully saturated rings. The molecule has 0 aliphatic carbocycles. The van der Waals surface area contributed by atoms with E-state index in [1.165, 1.54) is 0 Å². The molecule has 1 aliphatic rings. The van der Waals surface area contributed by atoms with E-state index in [0.29, 0.717) is 19.7 Å². The fraction of sp³-hybridized carbons (Fsp3) is 0.933. The molecule has 5 nitrogen and oxygen atoms in total. The zero-order chi connectivity index (χ0) is 15.4. The average Bonchev–Trinajstić information content (AvgIpc) is 2.79. The Labute approximate surface area is 122 Å². The van der Waals surface area contributed by atoms with E-state index in [1.54, 1.807) is 12.0 Å². The van der Waals surface area contributed by atoms with Crippen LogP contribution in [0.5, 0.6) is 0 Å². The third-order valence-corrected chi connectivity index (χ3v) is 3.64. The summed E-state index contributed by atoms with van der Waals surface area (Å²) in [6.45, 7) is 11.5. The summed E-state index contributed by atoms with van der Waals surface area (Å²) >= 11 is 0. The summed E-state index contributed by atoms with van der Waals surface area (Å²) < 4.78 is 16.7. The van der Waals surface area contributed by atoms with Crippen molar-refractivity contribution in [3.63, 3.8) is 0 Å². The Morgan fingerprint density at radius 1 is 1.40 bits per heavy atom. The third-order valence-electron chi connectivity index (χ3n) is 3.64. The second-order valence-corrected chi connectivity index (χ2v) is 6.55. The van der Waals surface area contributed by atoms with Crippen molar-refractivity contribution in [1.29, 1.82) is 0 Å². The minimum atomic E-state index is -0.458. The number of likely N-dealkylation sites (tertiary alicyclic amines) is 1. The summed E-state index contributed by atoms with van der Waals surface area (Å²) in [7, 11) is 1.67. The van der Waals surface area contributed by atoms with Crippen LogP contribution in [0, 0.1) is 0 Å². The van der Waals surface area contributed by atoms with Gasteiger partial charge in [-0.2, -0.15) is 0 Å². The highest BCUT2D eigenvalue weighted by molar-refractivity contribution is 5.68. The number of ether oxygens (including phenoxy) is 3. The molecule has 1 heterocycles. The molecule has 0 N–H and O–H groups in total. The van der Waals surface area contributed by atoms with Crippen molar-refractivity contribution in [2.24, 2.45) is 0 Å². The molecule has 0 spiro atoms. The first kappa shape index (κ1) is 17.2. The largest absolute Gasteiger partial charge is 0.444 e. The summed E-state index contributed by atoms with van der Waals surface area (Å²) in [5.74, 6) is 0. The van der Waals surface area contributed by atoms with Gasteiger partial charge in [0.1, 0.15) is 5.60 Å². The average molecular weight is 287 g/mol. The number of carbonyl (C=O) groups is 1. The van der Waals surface area contributed by atoms with Crippen molar-refractivity contribution in [2.75, 3.05) is 26.8 Å². The van der Waals surface area contributed by atoms with Crippen molar-refractivity contribution in [3.8, 4) is 0 Å². The predicted octanol–water partition coefficient (Wildman–Crippen LogP) is 2.83. The Morgan fingerprint density at radius 3 is 2.55 bits per heavy atom. The van der Waals surface area contributed by atoms with Gasteiger partial charge in [-0.1, -0.05) is 6.92 Å². The highest BCUT2D eigenvalue weighted by atomic mass is 16.6. The van der Waals surface area contributed by atoms with Gasteiger partial charge in [0.05, 0.1) is 24.9 Å². The molecule has 20 heavy (non-hydrogen) atoms. The van der Waals surface area contributed by atoms with Gasteiger partial charge in [0.25, 0.3) is 0 Å². The molecule has 0 bridgehead atoms. The van der Waals surface area contributed by atoms with Gasteiger partial charge < -0.3 is 19.1 Å². The number of nitrogens with zero attached hydrogens (tertiary/aromatic N) is 1. The van der Waals surface area contributed by atoms with Crippen molar-refractivity contribution in [1.82, 2.24) is 4.90 Å². The second-order valence-electron chi connectivity index (χ2n) is 6.55. The summed E-state index contributed by atoms with van der Waals surface area (Å²) in [6, 6.07) is 0. The maximum Gasteiger partial charge on any atom is 0.410 e. The Hall–Kier alpha value is -0.810. The molecular formula is C15H29NO4. The standard InChI is InChI=1S/C15H29NO4/c1-7-15(19-10-12(2)18-6)8-9-16(11-15)13(17)20-14(3,4)5/h12H,7-11H2,1-6H3. The van der Waals surface area contributed by atoms with Gasteiger partial charge in [0, 0.05) is 13.7 Å². The molecule has 118 valence electrons. The summed E-state index contributed by atoms with van der Waals surface area (Å²) in [5, 5.41) is 0. The maximum atomic E-state index is 12.1. The highest BCUT2D eigenvalue weighted by Crippen LogP contribution is 2.30. The van der Waals surface area contributed by atoms with E-state index in [2.05, 4.69) is 6.92 Å². The van der Waals surface area contributed by atoms with Gasteiger partial charge in [0.2, 0.25) is 0 Å². The number of rotatable bonds is 5. The van der Waals surface area contributed by atoms with Crippen LogP contribution in [0.25, 0.3) is 0 Å². The molecule has 1 saturated heterocycles. The summed E-state index contributed by atoms with van der Waals surface area (Å²) in [6.07, 6.45) is 1.53. The minimum Gasteiger partial charge on any atom is -0.444 e. The topological polar surface area (TPSA) is 48.0 Å². The molecule has 5 heteroatoms. The van der Waals surface area contributed by atoms with Crippen LogP contribution in [0.4, 0.5) is 4.79 Å². The molecule has 0 radical (unpaired) electrons. The maximum absolute atomic E-state index is 12.1. The van der Waals surface area contributed by atoms with E-state index in [0.717, 1.165) is 12.8 Å². The van der Waals surface area contributed by atoms with E-state index in [1.807, 2.05) is 27.7 Å². The van der Waals surface area contributed by atoms with E-state index >= 15 is 0 Å². The van der Waals surface area contributed by atoms with Crippen molar-refractivity contribution >= 4 is 6.09 Å². The third kappa shape index (κ3) is 4.94. The van der Waals surface area contributed by atoms with Crippen molar-refractivity contribution in [3.05, 3.63) is 0 Å². The number of amides is 1. The lowest BCUT2D eigenvalue weighted by Gasteiger charge is -2.30. The van der Waals surface area contributed by atoms with Gasteiger partial charge in [-0.25, -0.2) is 4.79 Å². The fourth-order valence-corrected chi connectivity index (χ4v) is 2.20. The van der Waals surface area contributed by atoms with Crippen LogP contribution in [-0.4, -0.2) is 55.1 Å². The van der Waals surface area contributed by atoms with E-state index < -0.39 is 5.60 Å². The second kappa shape index (κ2) is 6.76. The molecule has 1 rings (SSSR count). The first-order valence-corrected chi connectivity index (χ1v) is 7.36. The molecule has 0 aromatic heterocycles. The Kier molecular flexibility index (Phi) is 5.83. The first-order chi connectivity index (χ1) is 9.21. The van der Waals surface area contributed by atoms with E-state index in [4.69, 9.17) is 14.2 Å². The molecule has 1 aliphatic heterocycles. The lowest BCUT2D eigenvalue weighted by molar-refractivity contribution is -0.0801. The first-order valence-electron chi connectivity index (χ1n) is 7.36. The number of hydrogen-bond donors (Lipinski definition) is 0. The normalized spacial score (nSPS) is 24.8. The van der Waals surface area contributed by atoms with Gasteiger partial charge >= 0.3 is 6.09 Å². The minimum absolute atomic E-state index is 0.0639. The smallest absolute Gasteiger partial charge is 0.410 e. The Morgan fingerprint density at radius 2 is 2.05 bits per heavy atom. The quantitative estimate of drug-likeness (QED) is 0.780. The van der Waals surface area contributed by atoms with Crippen molar-refractivity contribution in [2.45, 2.75) is 64.8 Å². The highest BCUT2D eigenvalue weighted by Gasteiger charge is 2.41. The molecule has 2 unspecified atom stereocenters. The number of methoxy groups -OCH3 is 1. The summed E-state index contributed by atoms with van der Waals surface area (Å²) in [5.41, 5.74) is -0.719. The number of hydrogen-bond acceptors (Lipinski definition) is 4. The van der Waals surface area contributed by atoms with Crippen LogP contribution < -0.4 is 0 Å². The molecular weight excluding hydrogens is 258 g/mol. The van der Waals surface area contributed by atoms with Crippen LogP contribution in [0.15, 0.2) is 0 Å². The van der Waals surface area contributed by atoms with Crippen LogP contribution in [0.3, 0.4) is 0 Å². The molecule has 0 saturated carbocycles. The summed E-state index contributed by atoms with van der Waals surface area (Å²) in [4.78, 5) is 13.8. The van der Waals surface area contributed by atoms with Gasteiger partial charge in [0.15, 0.2) is 0 Å². The molecule has 1 amide bonds. The fourth-order valence-electron chi connectivity index (χ4n) is 2.20. The lowest BCUT2D eigenvalue weighted by atomic mass is 10.00. The molecule has 0 aromatic rings. The van der Waals surface area contributed by atoms with Crippen LogP contribution >= 0.6 is 0 Å². The Balaban J connectivity index is 2.56. The zero-order valence-electron chi connectivity index (χ0n) is 13.7. The van der Waals surface area contributed by atoms with Gasteiger partial charge in [-0.15, -0.1) is 0 Å². The molecule has 2 atom stereocenters. The van der Waals surface area contributed by atoms with E-state index in [-0.39, 0.29) is 17.8 Å².